The van der Waals surface area contributed by atoms with Crippen molar-refractivity contribution in [1.29, 1.82) is 0 Å². The number of ether oxygens (including phenoxy) is 4. The van der Waals surface area contributed by atoms with Crippen LogP contribution in [0.3, 0.4) is 0 Å². The number of carbonyl (C=O) groups is 2. The lowest BCUT2D eigenvalue weighted by Gasteiger charge is -2.15. The molecule has 1 heterocycles. The van der Waals surface area contributed by atoms with Crippen molar-refractivity contribution in [2.75, 3.05) is 20.0 Å². The van der Waals surface area contributed by atoms with Crippen molar-refractivity contribution in [2.24, 2.45) is 5.92 Å². The van der Waals surface area contributed by atoms with Crippen LogP contribution >= 0.6 is 0 Å². The van der Waals surface area contributed by atoms with Gasteiger partial charge in [-0.25, -0.2) is 0 Å². The molecule has 1 aliphatic rings. The summed E-state index contributed by atoms with van der Waals surface area (Å²) in [6.45, 7) is 4.23. The zero-order valence-corrected chi connectivity index (χ0v) is 12.8. The van der Waals surface area contributed by atoms with Crippen LogP contribution in [0.2, 0.25) is 0 Å². The Morgan fingerprint density at radius 1 is 1.14 bits per heavy atom. The first-order valence-corrected chi connectivity index (χ1v) is 7.34. The highest BCUT2D eigenvalue weighted by Crippen LogP contribution is 2.33. The lowest BCUT2D eigenvalue weighted by atomic mass is 9.96. The third kappa shape index (κ3) is 4.13. The number of benzene rings is 1. The maximum absolute atomic E-state index is 12.0. The highest BCUT2D eigenvalue weighted by atomic mass is 16.7. The molecule has 0 aromatic heterocycles. The first-order valence-electron chi connectivity index (χ1n) is 7.34. The lowest BCUT2D eigenvalue weighted by Crippen LogP contribution is -2.24. The molecule has 120 valence electrons. The molecule has 1 atom stereocenters. The van der Waals surface area contributed by atoms with Crippen molar-refractivity contribution in [3.63, 3.8) is 0 Å². The van der Waals surface area contributed by atoms with E-state index in [0.29, 0.717) is 24.5 Å². The lowest BCUT2D eigenvalue weighted by molar-refractivity contribution is -0.154. The molecular formula is C16H20O6. The molecule has 0 N–H and O–H groups in total. The number of carbonyl (C=O) groups excluding carboxylic acids is 2. The van der Waals surface area contributed by atoms with Gasteiger partial charge in [0.05, 0.1) is 25.6 Å². The van der Waals surface area contributed by atoms with Crippen molar-refractivity contribution < 1.29 is 28.5 Å². The van der Waals surface area contributed by atoms with Crippen molar-refractivity contribution >= 4 is 11.9 Å². The molecule has 0 unspecified atom stereocenters. The van der Waals surface area contributed by atoms with Crippen LogP contribution in [0.4, 0.5) is 0 Å². The molecule has 0 saturated carbocycles. The Bertz CT molecular complexity index is 539. The summed E-state index contributed by atoms with van der Waals surface area (Å²) in [5.74, 6) is -0.0352. The number of fused-ring (bicyclic) bond motifs is 1. The minimum atomic E-state index is -0.570. The maximum atomic E-state index is 12.0. The predicted octanol–water partition coefficient (Wildman–Crippen LogP) is 2.09. The molecule has 0 amide bonds. The SMILES string of the molecule is CCOC(=O)C[C@@H](Cc1ccc2c(c1)OCO2)C(=O)OCC. The zero-order valence-electron chi connectivity index (χ0n) is 12.8. The van der Waals surface area contributed by atoms with E-state index in [0.717, 1.165) is 5.56 Å². The second kappa shape index (κ2) is 7.68. The minimum absolute atomic E-state index is 0.00111. The minimum Gasteiger partial charge on any atom is -0.466 e. The van der Waals surface area contributed by atoms with Gasteiger partial charge in [0.25, 0.3) is 0 Å². The Morgan fingerprint density at radius 2 is 1.86 bits per heavy atom. The standard InChI is InChI=1S/C16H20O6/c1-3-19-15(17)9-12(16(18)20-4-2)7-11-5-6-13-14(8-11)22-10-21-13/h5-6,8,12H,3-4,7,9-10H2,1-2H3/t12-/m1/s1. The average molecular weight is 308 g/mol. The zero-order chi connectivity index (χ0) is 15.9. The fraction of sp³-hybridized carbons (Fsp3) is 0.500. The van der Waals surface area contributed by atoms with Crippen molar-refractivity contribution in [3.8, 4) is 11.5 Å². The summed E-state index contributed by atoms with van der Waals surface area (Å²) in [4.78, 5) is 23.7. The van der Waals surface area contributed by atoms with E-state index in [1.54, 1.807) is 19.9 Å². The normalized spacial score (nSPS) is 13.5. The molecule has 6 nitrogen and oxygen atoms in total. The highest BCUT2D eigenvalue weighted by Gasteiger charge is 2.25. The second-order valence-corrected chi connectivity index (χ2v) is 4.85. The van der Waals surface area contributed by atoms with Crippen LogP contribution in [0.25, 0.3) is 0 Å². The molecule has 0 spiro atoms. The fourth-order valence-corrected chi connectivity index (χ4v) is 2.27. The van der Waals surface area contributed by atoms with E-state index >= 15 is 0 Å². The van der Waals surface area contributed by atoms with E-state index < -0.39 is 17.9 Å². The molecular weight excluding hydrogens is 288 g/mol. The van der Waals surface area contributed by atoms with Crippen LogP contribution in [0.5, 0.6) is 11.5 Å². The molecule has 0 saturated heterocycles. The first-order chi connectivity index (χ1) is 10.6. The van der Waals surface area contributed by atoms with Gasteiger partial charge in [-0.05, 0) is 38.0 Å². The molecule has 2 rings (SSSR count). The molecule has 1 aliphatic heterocycles. The highest BCUT2D eigenvalue weighted by molar-refractivity contribution is 5.80. The first kappa shape index (κ1) is 16.1. The van der Waals surface area contributed by atoms with Crippen LogP contribution in [0.1, 0.15) is 25.8 Å². The smallest absolute Gasteiger partial charge is 0.309 e. The van der Waals surface area contributed by atoms with Gasteiger partial charge < -0.3 is 18.9 Å². The Labute approximate surface area is 129 Å². The van der Waals surface area contributed by atoms with E-state index in [-0.39, 0.29) is 19.8 Å². The number of hydrogen-bond donors (Lipinski definition) is 0. The van der Waals surface area contributed by atoms with E-state index in [4.69, 9.17) is 18.9 Å². The average Bonchev–Trinajstić information content (AvgIpc) is 2.94. The largest absolute Gasteiger partial charge is 0.466 e. The van der Waals surface area contributed by atoms with Crippen molar-refractivity contribution in [2.45, 2.75) is 26.7 Å². The van der Waals surface area contributed by atoms with Gasteiger partial charge in [0.15, 0.2) is 11.5 Å². The quantitative estimate of drug-likeness (QED) is 0.718. The second-order valence-electron chi connectivity index (χ2n) is 4.85. The summed E-state index contributed by atoms with van der Waals surface area (Å²) < 4.78 is 20.5. The topological polar surface area (TPSA) is 71.1 Å². The van der Waals surface area contributed by atoms with Crippen LogP contribution in [-0.2, 0) is 25.5 Å². The van der Waals surface area contributed by atoms with E-state index in [1.807, 2.05) is 12.1 Å². The Balaban J connectivity index is 2.07. The van der Waals surface area contributed by atoms with Crippen LogP contribution in [0.15, 0.2) is 18.2 Å². The molecule has 1 aromatic rings. The summed E-state index contributed by atoms with van der Waals surface area (Å²) in [5.41, 5.74) is 0.881. The number of esters is 2. The fourth-order valence-electron chi connectivity index (χ4n) is 2.27. The van der Waals surface area contributed by atoms with Gasteiger partial charge in [0.2, 0.25) is 6.79 Å². The molecule has 0 bridgehead atoms. The summed E-state index contributed by atoms with van der Waals surface area (Å²) >= 11 is 0. The van der Waals surface area contributed by atoms with Gasteiger partial charge in [-0.15, -0.1) is 0 Å². The van der Waals surface area contributed by atoms with Gasteiger partial charge in [0.1, 0.15) is 0 Å². The predicted molar refractivity (Wildman–Crippen MR) is 77.6 cm³/mol. The summed E-state index contributed by atoms with van der Waals surface area (Å²) in [5, 5.41) is 0. The summed E-state index contributed by atoms with van der Waals surface area (Å²) in [6.07, 6.45) is 0.384. The third-order valence-electron chi connectivity index (χ3n) is 3.26. The van der Waals surface area contributed by atoms with Gasteiger partial charge in [-0.1, -0.05) is 6.07 Å². The molecule has 1 aromatic carbocycles. The molecule has 0 aliphatic carbocycles. The molecule has 0 radical (unpaired) electrons. The molecule has 22 heavy (non-hydrogen) atoms. The third-order valence-corrected chi connectivity index (χ3v) is 3.26. The maximum Gasteiger partial charge on any atom is 0.309 e. The van der Waals surface area contributed by atoms with Gasteiger partial charge in [0, 0.05) is 0 Å². The Kier molecular flexibility index (Phi) is 5.63. The number of hydrogen-bond acceptors (Lipinski definition) is 6. The monoisotopic (exact) mass is 308 g/mol. The van der Waals surface area contributed by atoms with Gasteiger partial charge >= 0.3 is 11.9 Å². The van der Waals surface area contributed by atoms with E-state index in [9.17, 15) is 9.59 Å². The molecule has 6 heteroatoms. The summed E-state index contributed by atoms with van der Waals surface area (Å²) in [7, 11) is 0. The Morgan fingerprint density at radius 3 is 2.59 bits per heavy atom. The molecule has 0 fully saturated rings. The van der Waals surface area contributed by atoms with Gasteiger partial charge in [-0.2, -0.15) is 0 Å². The van der Waals surface area contributed by atoms with Crippen LogP contribution in [0, 0.1) is 5.92 Å². The van der Waals surface area contributed by atoms with Crippen molar-refractivity contribution in [1.82, 2.24) is 0 Å². The van der Waals surface area contributed by atoms with E-state index in [1.165, 1.54) is 0 Å². The Hall–Kier alpha value is -2.24. The van der Waals surface area contributed by atoms with Gasteiger partial charge in [-0.3, -0.25) is 9.59 Å². The van der Waals surface area contributed by atoms with Crippen molar-refractivity contribution in [3.05, 3.63) is 23.8 Å². The summed E-state index contributed by atoms with van der Waals surface area (Å²) in [6, 6.07) is 5.47. The number of rotatable bonds is 7. The van der Waals surface area contributed by atoms with E-state index in [2.05, 4.69) is 0 Å². The van der Waals surface area contributed by atoms with Crippen LogP contribution < -0.4 is 9.47 Å². The van der Waals surface area contributed by atoms with Crippen LogP contribution in [-0.4, -0.2) is 31.9 Å².